The van der Waals surface area contributed by atoms with Crippen LogP contribution in [0.1, 0.15) is 39.2 Å². The quantitative estimate of drug-likeness (QED) is 0.544. The molecule has 2 heterocycles. The molecule has 1 aromatic rings. The number of pyridine rings is 1. The highest BCUT2D eigenvalue weighted by atomic mass is 16.6. The molecule has 0 bridgehead atoms. The van der Waals surface area contributed by atoms with E-state index in [1.165, 1.54) is 6.20 Å². The Morgan fingerprint density at radius 1 is 1.25 bits per heavy atom. The Balaban J connectivity index is 0.000000606. The number of ether oxygens (including phenoxy) is 2. The van der Waals surface area contributed by atoms with Gasteiger partial charge in [0.2, 0.25) is 5.75 Å². The van der Waals surface area contributed by atoms with Crippen molar-refractivity contribution in [2.24, 2.45) is 0 Å². The van der Waals surface area contributed by atoms with Crippen LogP contribution >= 0.6 is 0 Å². The van der Waals surface area contributed by atoms with Gasteiger partial charge in [0.1, 0.15) is 13.2 Å². The summed E-state index contributed by atoms with van der Waals surface area (Å²) in [6.07, 6.45) is 1.46. The van der Waals surface area contributed by atoms with Crippen molar-refractivity contribution in [1.29, 1.82) is 0 Å². The zero-order chi connectivity index (χ0) is 12.1. The molecule has 0 saturated heterocycles. The fourth-order valence-corrected chi connectivity index (χ4v) is 1.53. The van der Waals surface area contributed by atoms with Gasteiger partial charge in [0.25, 0.3) is 0 Å². The average molecular weight is 225 g/mol. The Kier molecular flexibility index (Phi) is 4.40. The van der Waals surface area contributed by atoms with Crippen molar-refractivity contribution in [2.45, 2.75) is 33.6 Å². The van der Waals surface area contributed by atoms with Gasteiger partial charge in [-0.3, -0.25) is 0 Å². The topological polar surface area (TPSA) is 45.4 Å². The van der Waals surface area contributed by atoms with E-state index in [-0.39, 0.29) is 0 Å². The van der Waals surface area contributed by atoms with E-state index in [4.69, 9.17) is 9.47 Å². The number of fused-ring (bicyclic) bond motifs is 1. The van der Waals surface area contributed by atoms with Gasteiger partial charge in [-0.05, 0) is 5.92 Å². The van der Waals surface area contributed by atoms with E-state index >= 15 is 0 Å². The summed E-state index contributed by atoms with van der Waals surface area (Å²) in [5.74, 6) is 1.22. The molecule has 0 radical (unpaired) electrons. The minimum Gasteiger partial charge on any atom is -0.616 e. The van der Waals surface area contributed by atoms with Gasteiger partial charge in [-0.15, -0.1) is 4.73 Å². The fraction of sp³-hybridized carbons (Fsp3) is 0.583. The minimum absolute atomic E-state index is 0.294. The van der Waals surface area contributed by atoms with Crippen LogP contribution in [0.25, 0.3) is 0 Å². The lowest BCUT2D eigenvalue weighted by Gasteiger charge is -2.20. The van der Waals surface area contributed by atoms with E-state index in [1.807, 2.05) is 13.8 Å². The molecule has 0 atom stereocenters. The first kappa shape index (κ1) is 12.6. The van der Waals surface area contributed by atoms with Gasteiger partial charge in [0, 0.05) is 11.6 Å². The number of hydrogen-bond donors (Lipinski definition) is 0. The first-order chi connectivity index (χ1) is 7.70. The van der Waals surface area contributed by atoms with Crippen LogP contribution in [0, 0.1) is 5.21 Å². The van der Waals surface area contributed by atoms with Gasteiger partial charge in [-0.1, -0.05) is 27.7 Å². The molecule has 0 unspecified atom stereocenters. The Morgan fingerprint density at radius 3 is 2.50 bits per heavy atom. The molecule has 0 spiro atoms. The Bertz CT molecular complexity index is 350. The molecular formula is C12H19NO3. The second-order valence-electron chi connectivity index (χ2n) is 3.58. The third-order valence-corrected chi connectivity index (χ3v) is 2.24. The van der Waals surface area contributed by atoms with E-state index in [2.05, 4.69) is 13.8 Å². The normalized spacial score (nSPS) is 13.1. The average Bonchev–Trinajstić information content (AvgIpc) is 2.32. The van der Waals surface area contributed by atoms with Crippen molar-refractivity contribution >= 4 is 0 Å². The second-order valence-corrected chi connectivity index (χ2v) is 3.58. The molecule has 16 heavy (non-hydrogen) atoms. The van der Waals surface area contributed by atoms with Crippen molar-refractivity contribution in [3.05, 3.63) is 23.0 Å². The molecule has 4 nitrogen and oxygen atoms in total. The van der Waals surface area contributed by atoms with Crippen LogP contribution in [0.2, 0.25) is 0 Å². The molecule has 0 aromatic carbocycles. The summed E-state index contributed by atoms with van der Waals surface area (Å²) >= 11 is 0. The third kappa shape index (κ3) is 2.38. The Hall–Kier alpha value is -1.45. The van der Waals surface area contributed by atoms with Crippen LogP contribution in [0.4, 0.5) is 0 Å². The largest absolute Gasteiger partial charge is 0.616 e. The van der Waals surface area contributed by atoms with Crippen LogP contribution in [0.5, 0.6) is 11.6 Å². The number of rotatable bonds is 1. The molecule has 0 fully saturated rings. The van der Waals surface area contributed by atoms with Crippen molar-refractivity contribution in [2.75, 3.05) is 13.2 Å². The van der Waals surface area contributed by atoms with Crippen LogP contribution in [-0.4, -0.2) is 13.2 Å². The molecule has 0 N–H and O–H groups in total. The SMILES string of the molecule is CC.CC(C)c1cc[n+]([O-])c2c1OCCO2. The van der Waals surface area contributed by atoms with E-state index in [0.717, 1.165) is 5.56 Å². The monoisotopic (exact) mass is 225 g/mol. The van der Waals surface area contributed by atoms with E-state index in [0.29, 0.717) is 35.5 Å². The molecule has 2 rings (SSSR count). The van der Waals surface area contributed by atoms with E-state index in [1.54, 1.807) is 6.07 Å². The molecule has 0 amide bonds. The highest BCUT2D eigenvalue weighted by Gasteiger charge is 2.25. The highest BCUT2D eigenvalue weighted by Crippen LogP contribution is 2.34. The molecular weight excluding hydrogens is 206 g/mol. The summed E-state index contributed by atoms with van der Waals surface area (Å²) in [5.41, 5.74) is 1.02. The number of hydrogen-bond acceptors (Lipinski definition) is 3. The summed E-state index contributed by atoms with van der Waals surface area (Å²) in [5, 5.41) is 11.4. The smallest absolute Gasteiger partial charge is 0.423 e. The fourth-order valence-electron chi connectivity index (χ4n) is 1.53. The van der Waals surface area contributed by atoms with Gasteiger partial charge < -0.3 is 14.7 Å². The maximum Gasteiger partial charge on any atom is 0.423 e. The standard InChI is InChI=1S/C10H13NO3.C2H6/c1-7(2)8-3-4-11(12)10-9(8)13-5-6-14-10;1-2/h3-4,7H,5-6H2,1-2H3;1-2H3. The summed E-state index contributed by atoms with van der Waals surface area (Å²) < 4.78 is 11.4. The lowest BCUT2D eigenvalue weighted by atomic mass is 10.0. The van der Waals surface area contributed by atoms with Crippen LogP contribution in [-0.2, 0) is 0 Å². The highest BCUT2D eigenvalue weighted by molar-refractivity contribution is 5.41. The molecule has 0 saturated carbocycles. The van der Waals surface area contributed by atoms with Gasteiger partial charge in [0.05, 0.1) is 0 Å². The lowest BCUT2D eigenvalue weighted by molar-refractivity contribution is -0.614. The summed E-state index contributed by atoms with van der Waals surface area (Å²) in [6, 6.07) is 1.78. The molecule has 1 aliphatic rings. The number of nitrogens with zero attached hydrogens (tertiary/aromatic N) is 1. The van der Waals surface area contributed by atoms with Gasteiger partial charge in [-0.25, -0.2) is 0 Å². The lowest BCUT2D eigenvalue weighted by Crippen LogP contribution is -2.33. The van der Waals surface area contributed by atoms with E-state index in [9.17, 15) is 5.21 Å². The van der Waals surface area contributed by atoms with Crippen LogP contribution < -0.4 is 14.2 Å². The zero-order valence-corrected chi connectivity index (χ0v) is 10.3. The molecule has 1 aromatic heterocycles. The van der Waals surface area contributed by atoms with Crippen molar-refractivity contribution in [1.82, 2.24) is 0 Å². The summed E-state index contributed by atoms with van der Waals surface area (Å²) in [4.78, 5) is 0. The third-order valence-electron chi connectivity index (χ3n) is 2.24. The maximum atomic E-state index is 11.4. The number of aromatic nitrogens is 1. The van der Waals surface area contributed by atoms with Crippen molar-refractivity contribution in [3.63, 3.8) is 0 Å². The Morgan fingerprint density at radius 2 is 1.88 bits per heavy atom. The molecule has 4 heteroatoms. The van der Waals surface area contributed by atoms with Crippen molar-refractivity contribution < 1.29 is 14.2 Å². The maximum absolute atomic E-state index is 11.4. The van der Waals surface area contributed by atoms with Crippen molar-refractivity contribution in [3.8, 4) is 11.6 Å². The molecule has 0 aliphatic carbocycles. The zero-order valence-electron chi connectivity index (χ0n) is 10.3. The van der Waals surface area contributed by atoms with E-state index < -0.39 is 0 Å². The second kappa shape index (κ2) is 5.58. The predicted molar refractivity (Wildman–Crippen MR) is 61.8 cm³/mol. The first-order valence-corrected chi connectivity index (χ1v) is 5.72. The summed E-state index contributed by atoms with van der Waals surface area (Å²) in [6.45, 7) is 9.07. The molecule has 90 valence electrons. The summed E-state index contributed by atoms with van der Waals surface area (Å²) in [7, 11) is 0. The van der Waals surface area contributed by atoms with Gasteiger partial charge in [0.15, 0.2) is 6.20 Å². The minimum atomic E-state index is 0.294. The Labute approximate surface area is 96.4 Å². The molecule has 1 aliphatic heterocycles. The van der Waals surface area contributed by atoms with Crippen LogP contribution in [0.3, 0.4) is 0 Å². The van der Waals surface area contributed by atoms with Crippen LogP contribution in [0.15, 0.2) is 12.3 Å². The predicted octanol–water partition coefficient (Wildman–Crippen LogP) is 2.24. The van der Waals surface area contributed by atoms with Gasteiger partial charge >= 0.3 is 5.88 Å². The van der Waals surface area contributed by atoms with Gasteiger partial charge in [-0.2, -0.15) is 0 Å². The first-order valence-electron chi connectivity index (χ1n) is 5.72.